The van der Waals surface area contributed by atoms with E-state index < -0.39 is 12.6 Å². The Labute approximate surface area is 112 Å². The Morgan fingerprint density at radius 3 is 2.53 bits per heavy atom. The molecule has 0 saturated heterocycles. The lowest BCUT2D eigenvalue weighted by Gasteiger charge is -2.13. The molecule has 5 heteroatoms. The molecule has 19 heavy (non-hydrogen) atoms. The Kier molecular flexibility index (Phi) is 6.15. The van der Waals surface area contributed by atoms with Gasteiger partial charge in [-0.2, -0.15) is 13.2 Å². The zero-order valence-electron chi connectivity index (χ0n) is 11.3. The Balaban J connectivity index is 2.48. The lowest BCUT2D eigenvalue weighted by Crippen LogP contribution is -2.20. The van der Waals surface area contributed by atoms with Crippen LogP contribution < -0.4 is 10.1 Å². The molecular formula is C14H20F3NO. The molecule has 0 fully saturated rings. The van der Waals surface area contributed by atoms with Crippen LogP contribution in [0.3, 0.4) is 0 Å². The molecule has 1 aromatic rings. The first kappa shape index (κ1) is 15.8. The monoisotopic (exact) mass is 275 g/mol. The van der Waals surface area contributed by atoms with E-state index in [2.05, 4.69) is 19.2 Å². The maximum absolute atomic E-state index is 12.1. The van der Waals surface area contributed by atoms with Crippen LogP contribution in [0.2, 0.25) is 0 Å². The highest BCUT2D eigenvalue weighted by molar-refractivity contribution is 5.33. The van der Waals surface area contributed by atoms with E-state index in [1.165, 1.54) is 0 Å². The van der Waals surface area contributed by atoms with Crippen molar-refractivity contribution in [3.8, 4) is 5.75 Å². The van der Waals surface area contributed by atoms with Gasteiger partial charge < -0.3 is 10.1 Å². The minimum atomic E-state index is -4.18. The molecule has 108 valence electrons. The van der Waals surface area contributed by atoms with Crippen LogP contribution in [0.1, 0.15) is 25.8 Å². The normalized spacial score (nSPS) is 11.9. The highest BCUT2D eigenvalue weighted by Crippen LogP contribution is 2.22. The third-order valence-electron chi connectivity index (χ3n) is 2.48. The van der Waals surface area contributed by atoms with Crippen molar-refractivity contribution in [3.63, 3.8) is 0 Å². The highest BCUT2D eigenvalue weighted by Gasteiger charge is 2.26. The predicted octanol–water partition coefficient (Wildman–Crippen LogP) is 3.76. The van der Waals surface area contributed by atoms with E-state index in [9.17, 15) is 13.2 Å². The van der Waals surface area contributed by atoms with Crippen LogP contribution in [-0.2, 0) is 6.54 Å². The van der Waals surface area contributed by atoms with E-state index >= 15 is 0 Å². The quantitative estimate of drug-likeness (QED) is 0.818. The van der Waals surface area contributed by atoms with E-state index in [0.29, 0.717) is 18.2 Å². The number of halogens is 3. The van der Waals surface area contributed by atoms with Gasteiger partial charge in [-0.05, 0) is 18.5 Å². The van der Waals surface area contributed by atoms with Crippen molar-refractivity contribution < 1.29 is 17.9 Å². The van der Waals surface area contributed by atoms with Crippen LogP contribution in [0, 0.1) is 5.92 Å². The number of alkyl halides is 3. The molecular weight excluding hydrogens is 255 g/mol. The van der Waals surface area contributed by atoms with Gasteiger partial charge in [0.25, 0.3) is 0 Å². The summed E-state index contributed by atoms with van der Waals surface area (Å²) in [4.78, 5) is 0. The first-order valence-corrected chi connectivity index (χ1v) is 6.36. The summed E-state index contributed by atoms with van der Waals surface area (Å²) in [5.41, 5.74) is 0.880. The summed E-state index contributed by atoms with van der Waals surface area (Å²) in [5, 5.41) is 3.25. The van der Waals surface area contributed by atoms with Crippen LogP contribution in [-0.4, -0.2) is 19.3 Å². The lowest BCUT2D eigenvalue weighted by atomic mass is 10.2. The standard InChI is InChI=1S/C14H20F3NO/c1-11(2)9-18-10-12-5-3-4-6-13(12)19-8-7-14(15,16)17/h3-6,11,18H,7-10H2,1-2H3. The molecule has 2 nitrogen and oxygen atoms in total. The lowest BCUT2D eigenvalue weighted by molar-refractivity contribution is -0.139. The Morgan fingerprint density at radius 2 is 1.89 bits per heavy atom. The average molecular weight is 275 g/mol. The van der Waals surface area contributed by atoms with Gasteiger partial charge in [0.15, 0.2) is 0 Å². The SMILES string of the molecule is CC(C)CNCc1ccccc1OCCC(F)(F)F. The molecule has 1 N–H and O–H groups in total. The zero-order valence-corrected chi connectivity index (χ0v) is 11.3. The number of hydrogen-bond acceptors (Lipinski definition) is 2. The van der Waals surface area contributed by atoms with Gasteiger partial charge in [-0.15, -0.1) is 0 Å². The van der Waals surface area contributed by atoms with Gasteiger partial charge in [0, 0.05) is 12.1 Å². The van der Waals surface area contributed by atoms with Gasteiger partial charge in [-0.3, -0.25) is 0 Å². The van der Waals surface area contributed by atoms with Crippen LogP contribution >= 0.6 is 0 Å². The fourth-order valence-electron chi connectivity index (χ4n) is 1.56. The number of benzene rings is 1. The van der Waals surface area contributed by atoms with Gasteiger partial charge in [0.2, 0.25) is 0 Å². The minimum Gasteiger partial charge on any atom is -0.493 e. The predicted molar refractivity (Wildman–Crippen MR) is 69.2 cm³/mol. The summed E-state index contributed by atoms with van der Waals surface area (Å²) < 4.78 is 41.4. The summed E-state index contributed by atoms with van der Waals surface area (Å²) in [6.07, 6.45) is -5.11. The van der Waals surface area contributed by atoms with Crippen molar-refractivity contribution in [2.75, 3.05) is 13.2 Å². The van der Waals surface area contributed by atoms with Crippen molar-refractivity contribution in [2.24, 2.45) is 5.92 Å². The average Bonchev–Trinajstić information content (AvgIpc) is 2.29. The largest absolute Gasteiger partial charge is 0.493 e. The van der Waals surface area contributed by atoms with Crippen molar-refractivity contribution >= 4 is 0 Å². The molecule has 0 saturated carbocycles. The molecule has 0 aliphatic heterocycles. The molecule has 0 amide bonds. The second-order valence-corrected chi connectivity index (χ2v) is 4.85. The smallest absolute Gasteiger partial charge is 0.392 e. The van der Waals surface area contributed by atoms with Crippen molar-refractivity contribution in [2.45, 2.75) is 33.0 Å². The Bertz CT molecular complexity index is 377. The van der Waals surface area contributed by atoms with Gasteiger partial charge >= 0.3 is 6.18 Å². The fourth-order valence-corrected chi connectivity index (χ4v) is 1.56. The van der Waals surface area contributed by atoms with Crippen LogP contribution in [0.5, 0.6) is 5.75 Å². The molecule has 0 unspecified atom stereocenters. The number of rotatable bonds is 7. The molecule has 0 aliphatic carbocycles. The second-order valence-electron chi connectivity index (χ2n) is 4.85. The van der Waals surface area contributed by atoms with E-state index in [1.54, 1.807) is 12.1 Å². The fraction of sp³-hybridized carbons (Fsp3) is 0.571. The molecule has 0 aliphatic rings. The summed E-state index contributed by atoms with van der Waals surface area (Å²) in [6, 6.07) is 7.16. The van der Waals surface area contributed by atoms with Crippen LogP contribution in [0.25, 0.3) is 0 Å². The maximum Gasteiger partial charge on any atom is 0.392 e. The van der Waals surface area contributed by atoms with Crippen LogP contribution in [0.15, 0.2) is 24.3 Å². The van der Waals surface area contributed by atoms with Crippen LogP contribution in [0.4, 0.5) is 13.2 Å². The summed E-state index contributed by atoms with van der Waals surface area (Å²) in [7, 11) is 0. The number of ether oxygens (including phenoxy) is 1. The molecule has 0 spiro atoms. The van der Waals surface area contributed by atoms with Gasteiger partial charge in [-0.25, -0.2) is 0 Å². The van der Waals surface area contributed by atoms with E-state index in [0.717, 1.165) is 12.1 Å². The third-order valence-corrected chi connectivity index (χ3v) is 2.48. The van der Waals surface area contributed by atoms with Gasteiger partial charge in [0.1, 0.15) is 5.75 Å². The van der Waals surface area contributed by atoms with Gasteiger partial charge in [0.05, 0.1) is 13.0 Å². The molecule has 0 heterocycles. The van der Waals surface area contributed by atoms with E-state index in [-0.39, 0.29) is 6.61 Å². The molecule has 1 rings (SSSR count). The molecule has 0 radical (unpaired) electrons. The summed E-state index contributed by atoms with van der Waals surface area (Å²) in [5.74, 6) is 1.04. The zero-order chi connectivity index (χ0) is 14.3. The first-order chi connectivity index (χ1) is 8.88. The number of para-hydroxylation sites is 1. The topological polar surface area (TPSA) is 21.3 Å². The third kappa shape index (κ3) is 7.06. The minimum absolute atomic E-state index is 0.343. The Hall–Kier alpha value is -1.23. The summed E-state index contributed by atoms with van der Waals surface area (Å²) in [6.45, 7) is 5.30. The van der Waals surface area contributed by atoms with Crippen molar-refractivity contribution in [1.29, 1.82) is 0 Å². The molecule has 0 bridgehead atoms. The van der Waals surface area contributed by atoms with E-state index in [4.69, 9.17) is 4.74 Å². The Morgan fingerprint density at radius 1 is 1.21 bits per heavy atom. The maximum atomic E-state index is 12.1. The van der Waals surface area contributed by atoms with E-state index in [1.807, 2.05) is 12.1 Å². The van der Waals surface area contributed by atoms with Gasteiger partial charge in [-0.1, -0.05) is 32.0 Å². The first-order valence-electron chi connectivity index (χ1n) is 6.36. The van der Waals surface area contributed by atoms with Crippen molar-refractivity contribution in [1.82, 2.24) is 5.32 Å². The second kappa shape index (κ2) is 7.38. The molecule has 0 aromatic heterocycles. The highest BCUT2D eigenvalue weighted by atomic mass is 19.4. The van der Waals surface area contributed by atoms with Crippen molar-refractivity contribution in [3.05, 3.63) is 29.8 Å². The number of hydrogen-bond donors (Lipinski definition) is 1. The number of nitrogens with one attached hydrogen (secondary N) is 1. The molecule has 0 atom stereocenters. The summed E-state index contributed by atoms with van der Waals surface area (Å²) >= 11 is 0. The molecule has 1 aromatic carbocycles.